The lowest BCUT2D eigenvalue weighted by molar-refractivity contribution is -0.135. The van der Waals surface area contributed by atoms with Crippen LogP contribution in [0.2, 0.25) is 0 Å². The average molecular weight is 259 g/mol. The van der Waals surface area contributed by atoms with Gasteiger partial charge in [0.25, 0.3) is 0 Å². The van der Waals surface area contributed by atoms with E-state index in [-0.39, 0.29) is 13.0 Å². The van der Waals surface area contributed by atoms with Crippen molar-refractivity contribution in [2.24, 2.45) is 0 Å². The van der Waals surface area contributed by atoms with Gasteiger partial charge in [0, 0.05) is 13.0 Å². The van der Waals surface area contributed by atoms with Gasteiger partial charge in [-0.2, -0.15) is 13.2 Å². The van der Waals surface area contributed by atoms with Crippen molar-refractivity contribution in [1.29, 1.82) is 0 Å². The fraction of sp³-hybridized carbons (Fsp3) is 0.455. The Labute approximate surface area is 101 Å². The van der Waals surface area contributed by atoms with Gasteiger partial charge in [-0.05, 0) is 18.6 Å². The monoisotopic (exact) mass is 259 g/mol. The molecule has 0 spiro atoms. The van der Waals surface area contributed by atoms with Crippen LogP contribution in [0.4, 0.5) is 13.2 Å². The second kappa shape index (κ2) is 4.83. The highest BCUT2D eigenvalue weighted by molar-refractivity contribution is 5.81. The predicted molar refractivity (Wildman–Crippen MR) is 59.4 cm³/mol. The highest BCUT2D eigenvalue weighted by Gasteiger charge is 2.26. The number of fused-ring (bicyclic) bond motifs is 1. The summed E-state index contributed by atoms with van der Waals surface area (Å²) in [5, 5.41) is 7.74. The third-order valence-electron chi connectivity index (χ3n) is 2.55. The van der Waals surface area contributed by atoms with E-state index in [9.17, 15) is 13.2 Å². The predicted octanol–water partition coefficient (Wildman–Crippen LogP) is 2.78. The van der Waals surface area contributed by atoms with Crippen molar-refractivity contribution >= 4 is 11.0 Å². The molecule has 7 heteroatoms. The summed E-state index contributed by atoms with van der Waals surface area (Å²) >= 11 is 0. The first-order valence-electron chi connectivity index (χ1n) is 5.44. The Morgan fingerprint density at radius 2 is 2.11 bits per heavy atom. The minimum Gasteiger partial charge on any atom is -0.494 e. The number of para-hydroxylation sites is 1. The maximum atomic E-state index is 12.1. The fourth-order valence-electron chi connectivity index (χ4n) is 1.75. The molecule has 2 aromatic rings. The van der Waals surface area contributed by atoms with Crippen molar-refractivity contribution < 1.29 is 17.9 Å². The highest BCUT2D eigenvalue weighted by Crippen LogP contribution is 2.25. The molecular formula is C11H12F3N3O. The largest absolute Gasteiger partial charge is 0.494 e. The van der Waals surface area contributed by atoms with Gasteiger partial charge in [0.05, 0.1) is 7.11 Å². The number of nitrogens with zero attached hydrogens (tertiary/aromatic N) is 3. The van der Waals surface area contributed by atoms with E-state index >= 15 is 0 Å². The molecule has 1 aromatic carbocycles. The van der Waals surface area contributed by atoms with Gasteiger partial charge in [-0.1, -0.05) is 11.3 Å². The molecule has 98 valence electrons. The van der Waals surface area contributed by atoms with Crippen molar-refractivity contribution in [2.45, 2.75) is 25.6 Å². The molecule has 0 amide bonds. The SMILES string of the molecule is COc1cccc2nnn(CCCC(F)(F)F)c12. The maximum Gasteiger partial charge on any atom is 0.389 e. The smallest absolute Gasteiger partial charge is 0.389 e. The molecule has 2 rings (SSSR count). The number of ether oxygens (including phenoxy) is 1. The topological polar surface area (TPSA) is 39.9 Å². The zero-order valence-electron chi connectivity index (χ0n) is 9.74. The maximum absolute atomic E-state index is 12.1. The van der Waals surface area contributed by atoms with E-state index < -0.39 is 12.6 Å². The molecule has 0 unspecified atom stereocenters. The van der Waals surface area contributed by atoms with Crippen molar-refractivity contribution in [3.8, 4) is 5.75 Å². The number of halogens is 3. The van der Waals surface area contributed by atoms with Gasteiger partial charge in [-0.3, -0.25) is 0 Å². The van der Waals surface area contributed by atoms with Crippen LogP contribution in [0.25, 0.3) is 11.0 Å². The van der Waals surface area contributed by atoms with Crippen LogP contribution in [0.5, 0.6) is 5.75 Å². The molecule has 0 radical (unpaired) electrons. The summed E-state index contributed by atoms with van der Waals surface area (Å²) in [6.07, 6.45) is -5.00. The molecule has 1 aromatic heterocycles. The molecule has 0 bridgehead atoms. The zero-order valence-corrected chi connectivity index (χ0v) is 9.74. The third kappa shape index (κ3) is 2.72. The minimum absolute atomic E-state index is 0.0278. The Morgan fingerprint density at radius 3 is 2.78 bits per heavy atom. The zero-order chi connectivity index (χ0) is 13.2. The van der Waals surface area contributed by atoms with Crippen molar-refractivity contribution in [3.05, 3.63) is 18.2 Å². The van der Waals surface area contributed by atoms with Gasteiger partial charge in [0.1, 0.15) is 16.8 Å². The van der Waals surface area contributed by atoms with Crippen LogP contribution in [0, 0.1) is 0 Å². The number of rotatable bonds is 4. The van der Waals surface area contributed by atoms with Crippen LogP contribution in [0.3, 0.4) is 0 Å². The summed E-state index contributed by atoms with van der Waals surface area (Å²) in [6, 6.07) is 5.23. The quantitative estimate of drug-likeness (QED) is 0.847. The van der Waals surface area contributed by atoms with Crippen LogP contribution < -0.4 is 4.74 Å². The molecule has 0 aliphatic heterocycles. The summed E-state index contributed by atoms with van der Waals surface area (Å²) in [5.41, 5.74) is 1.24. The number of aryl methyl sites for hydroxylation is 1. The number of alkyl halides is 3. The lowest BCUT2D eigenvalue weighted by Gasteiger charge is -2.07. The van der Waals surface area contributed by atoms with Crippen LogP contribution in [0.1, 0.15) is 12.8 Å². The second-order valence-electron chi connectivity index (χ2n) is 3.86. The van der Waals surface area contributed by atoms with E-state index in [2.05, 4.69) is 10.3 Å². The van der Waals surface area contributed by atoms with Crippen LogP contribution in [-0.4, -0.2) is 28.3 Å². The van der Waals surface area contributed by atoms with Crippen molar-refractivity contribution in [3.63, 3.8) is 0 Å². The summed E-state index contributed by atoms with van der Waals surface area (Å²) < 4.78 is 42.8. The minimum atomic E-state index is -4.14. The lowest BCUT2D eigenvalue weighted by Crippen LogP contribution is -2.10. The number of hydrogen-bond acceptors (Lipinski definition) is 3. The van der Waals surface area contributed by atoms with Gasteiger partial charge < -0.3 is 4.74 Å². The average Bonchev–Trinajstić information content (AvgIpc) is 2.71. The Kier molecular flexibility index (Phi) is 3.40. The van der Waals surface area contributed by atoms with E-state index in [1.54, 1.807) is 18.2 Å². The van der Waals surface area contributed by atoms with Crippen LogP contribution in [-0.2, 0) is 6.54 Å². The normalized spacial score (nSPS) is 12.0. The molecule has 0 fully saturated rings. The van der Waals surface area contributed by atoms with Crippen LogP contribution in [0.15, 0.2) is 18.2 Å². The van der Waals surface area contributed by atoms with Gasteiger partial charge in [-0.15, -0.1) is 5.10 Å². The molecular weight excluding hydrogens is 247 g/mol. The lowest BCUT2D eigenvalue weighted by atomic mass is 10.2. The van der Waals surface area contributed by atoms with E-state index in [0.717, 1.165) is 0 Å². The molecule has 1 heterocycles. The standard InChI is InChI=1S/C11H12F3N3O/c1-18-9-5-2-4-8-10(9)17(16-15-8)7-3-6-11(12,13)14/h2,4-5H,3,6-7H2,1H3. The molecule has 0 saturated heterocycles. The first kappa shape index (κ1) is 12.7. The van der Waals surface area contributed by atoms with Gasteiger partial charge in [0.2, 0.25) is 0 Å². The summed E-state index contributed by atoms with van der Waals surface area (Å²) in [7, 11) is 1.50. The second-order valence-corrected chi connectivity index (χ2v) is 3.86. The first-order valence-corrected chi connectivity index (χ1v) is 5.44. The van der Waals surface area contributed by atoms with Crippen molar-refractivity contribution in [2.75, 3.05) is 7.11 Å². The van der Waals surface area contributed by atoms with E-state index in [1.807, 2.05) is 0 Å². The van der Waals surface area contributed by atoms with Crippen LogP contribution >= 0.6 is 0 Å². The van der Waals surface area contributed by atoms with Gasteiger partial charge in [-0.25, -0.2) is 4.68 Å². The Morgan fingerprint density at radius 1 is 1.33 bits per heavy atom. The summed E-state index contributed by atoms with van der Waals surface area (Å²) in [5.74, 6) is 0.560. The Hall–Kier alpha value is -1.79. The van der Waals surface area contributed by atoms with E-state index in [1.165, 1.54) is 11.8 Å². The van der Waals surface area contributed by atoms with Crippen molar-refractivity contribution in [1.82, 2.24) is 15.0 Å². The molecule has 0 aliphatic carbocycles. The summed E-state index contributed by atoms with van der Waals surface area (Å²) in [6.45, 7) is 0.163. The molecule has 0 saturated carbocycles. The van der Waals surface area contributed by atoms with E-state index in [4.69, 9.17) is 4.74 Å². The molecule has 4 nitrogen and oxygen atoms in total. The Balaban J connectivity index is 2.18. The molecule has 18 heavy (non-hydrogen) atoms. The first-order chi connectivity index (χ1) is 8.51. The molecule has 0 aliphatic rings. The number of benzene rings is 1. The highest BCUT2D eigenvalue weighted by atomic mass is 19.4. The van der Waals surface area contributed by atoms with Gasteiger partial charge in [0.15, 0.2) is 0 Å². The van der Waals surface area contributed by atoms with Gasteiger partial charge >= 0.3 is 6.18 Å². The third-order valence-corrected chi connectivity index (χ3v) is 2.55. The van der Waals surface area contributed by atoms with E-state index in [0.29, 0.717) is 16.8 Å². The molecule has 0 atom stereocenters. The molecule has 0 N–H and O–H groups in total. The number of methoxy groups -OCH3 is 1. The number of hydrogen-bond donors (Lipinski definition) is 0. The number of aromatic nitrogens is 3. The summed E-state index contributed by atoms with van der Waals surface area (Å²) in [4.78, 5) is 0. The Bertz CT molecular complexity index is 536. The fourth-order valence-corrected chi connectivity index (χ4v) is 1.75.